The van der Waals surface area contributed by atoms with E-state index in [0.717, 1.165) is 0 Å². The third-order valence-electron chi connectivity index (χ3n) is 1.95. The van der Waals surface area contributed by atoms with Crippen molar-refractivity contribution in [2.24, 2.45) is 5.84 Å². The molecule has 0 aliphatic heterocycles. The smallest absolute Gasteiger partial charge is 0.213 e. The van der Waals surface area contributed by atoms with E-state index in [1.165, 1.54) is 6.33 Å². The molecule has 10 heteroatoms. The van der Waals surface area contributed by atoms with Gasteiger partial charge in [0.25, 0.3) is 0 Å². The lowest BCUT2D eigenvalue weighted by Gasteiger charge is -2.10. The number of hydrazine groups is 1. The molecule has 1 aromatic heterocycles. The Labute approximate surface area is 114 Å². The predicted octanol–water partition coefficient (Wildman–Crippen LogP) is -0.124. The number of sulfonamides is 1. The van der Waals surface area contributed by atoms with Crippen LogP contribution in [0.25, 0.3) is 0 Å². The van der Waals surface area contributed by atoms with Crippen molar-refractivity contribution >= 4 is 37.6 Å². The molecule has 1 aromatic rings. The van der Waals surface area contributed by atoms with Crippen molar-refractivity contribution in [2.75, 3.05) is 29.6 Å². The number of nitrogens with zero attached hydrogens (tertiary/aromatic N) is 2. The number of halogens is 1. The monoisotopic (exact) mass is 338 g/mol. The van der Waals surface area contributed by atoms with Crippen LogP contribution in [0.2, 0.25) is 0 Å². The maximum Gasteiger partial charge on any atom is 0.213 e. The average Bonchev–Trinajstić information content (AvgIpc) is 2.31. The van der Waals surface area contributed by atoms with Crippen molar-refractivity contribution in [1.29, 1.82) is 0 Å². The Morgan fingerprint density at radius 3 is 2.67 bits per heavy atom. The lowest BCUT2D eigenvalue weighted by molar-refractivity contribution is 0.584. The number of hydrogen-bond donors (Lipinski definition) is 4. The first-order valence-electron chi connectivity index (χ1n) is 5.18. The highest BCUT2D eigenvalue weighted by Gasteiger charge is 2.10. The van der Waals surface area contributed by atoms with Crippen LogP contribution in [-0.2, 0) is 10.0 Å². The quantitative estimate of drug-likeness (QED) is 0.403. The number of nitrogens with two attached hydrogens (primary N) is 1. The molecule has 8 nitrogen and oxygen atoms in total. The van der Waals surface area contributed by atoms with Crippen LogP contribution in [0.15, 0.2) is 10.8 Å². The molecule has 1 heterocycles. The molecule has 0 unspecified atom stereocenters. The van der Waals surface area contributed by atoms with E-state index in [-0.39, 0.29) is 12.3 Å². The second-order valence-electron chi connectivity index (χ2n) is 3.27. The number of aromatic nitrogens is 2. The van der Waals surface area contributed by atoms with Gasteiger partial charge in [-0.15, -0.1) is 0 Å². The van der Waals surface area contributed by atoms with Crippen LogP contribution in [0.1, 0.15) is 6.92 Å². The fraction of sp³-hybridized carbons (Fsp3) is 0.500. The normalized spacial score (nSPS) is 11.3. The minimum Gasteiger partial charge on any atom is -0.368 e. The zero-order chi connectivity index (χ0) is 13.6. The average molecular weight is 339 g/mol. The first-order chi connectivity index (χ1) is 8.50. The lowest BCUT2D eigenvalue weighted by atomic mass is 10.5. The van der Waals surface area contributed by atoms with Crippen molar-refractivity contribution < 1.29 is 8.42 Å². The highest BCUT2D eigenvalue weighted by atomic mass is 79.9. The Morgan fingerprint density at radius 2 is 2.06 bits per heavy atom. The number of nitrogens with one attached hydrogen (secondary N) is 3. The van der Waals surface area contributed by atoms with Gasteiger partial charge < -0.3 is 10.7 Å². The lowest BCUT2D eigenvalue weighted by Crippen LogP contribution is -2.29. The Hall–Kier alpha value is -0.970. The summed E-state index contributed by atoms with van der Waals surface area (Å²) in [7, 11) is -3.24. The third kappa shape index (κ3) is 4.37. The fourth-order valence-corrected chi connectivity index (χ4v) is 2.60. The van der Waals surface area contributed by atoms with E-state index in [1.54, 1.807) is 6.92 Å². The van der Waals surface area contributed by atoms with Gasteiger partial charge in [-0.05, 0) is 15.9 Å². The van der Waals surface area contributed by atoms with E-state index in [2.05, 4.69) is 41.4 Å². The molecule has 5 N–H and O–H groups in total. The number of anilines is 2. The SMILES string of the molecule is CCNS(=O)(=O)CCNc1ncnc(NN)c1Br. The van der Waals surface area contributed by atoms with Gasteiger partial charge >= 0.3 is 0 Å². The Kier molecular flexibility index (Phi) is 5.72. The highest BCUT2D eigenvalue weighted by molar-refractivity contribution is 9.10. The van der Waals surface area contributed by atoms with Crippen LogP contribution >= 0.6 is 15.9 Å². The summed E-state index contributed by atoms with van der Waals surface area (Å²) in [5.74, 6) is 6.11. The minimum absolute atomic E-state index is 0.0390. The van der Waals surface area contributed by atoms with E-state index in [1.807, 2.05) is 0 Å². The molecule has 0 spiro atoms. The summed E-state index contributed by atoms with van der Waals surface area (Å²) >= 11 is 3.26. The van der Waals surface area contributed by atoms with E-state index in [0.29, 0.717) is 22.7 Å². The summed E-state index contributed by atoms with van der Waals surface area (Å²) in [5.41, 5.74) is 2.39. The first-order valence-corrected chi connectivity index (χ1v) is 7.63. The van der Waals surface area contributed by atoms with Gasteiger partial charge in [0.2, 0.25) is 10.0 Å². The molecule has 0 saturated carbocycles. The predicted molar refractivity (Wildman–Crippen MR) is 73.5 cm³/mol. The van der Waals surface area contributed by atoms with Crippen molar-refractivity contribution in [2.45, 2.75) is 6.92 Å². The summed E-state index contributed by atoms with van der Waals surface area (Å²) in [4.78, 5) is 7.85. The maximum absolute atomic E-state index is 11.4. The Bertz CT molecular complexity index is 494. The standard InChI is InChI=1S/C8H15BrN6O2S/c1-2-14-18(16,17)4-3-11-7-6(9)8(15-10)13-5-12-7/h5,14H,2-4,10H2,1H3,(H2,11,12,13,15). The third-order valence-corrected chi connectivity index (χ3v) is 4.17. The molecule has 1 rings (SSSR count). The van der Waals surface area contributed by atoms with Gasteiger partial charge in [-0.1, -0.05) is 6.92 Å². The Morgan fingerprint density at radius 1 is 1.39 bits per heavy atom. The molecule has 18 heavy (non-hydrogen) atoms. The molecule has 0 aromatic carbocycles. The van der Waals surface area contributed by atoms with Gasteiger partial charge in [0.1, 0.15) is 16.6 Å². The first kappa shape index (κ1) is 15.1. The molecule has 0 atom stereocenters. The minimum atomic E-state index is -3.24. The second kappa shape index (κ2) is 6.83. The van der Waals surface area contributed by atoms with Crippen molar-refractivity contribution in [3.63, 3.8) is 0 Å². The number of rotatable bonds is 7. The molecule has 0 bridgehead atoms. The van der Waals surface area contributed by atoms with E-state index in [9.17, 15) is 8.42 Å². The molecule has 0 radical (unpaired) electrons. The van der Waals surface area contributed by atoms with E-state index < -0.39 is 10.0 Å². The van der Waals surface area contributed by atoms with Crippen LogP contribution in [0.3, 0.4) is 0 Å². The molecule has 0 fully saturated rings. The van der Waals surface area contributed by atoms with Crippen molar-refractivity contribution in [3.05, 3.63) is 10.8 Å². The zero-order valence-corrected chi connectivity index (χ0v) is 12.2. The van der Waals surface area contributed by atoms with Crippen LogP contribution in [0, 0.1) is 0 Å². The molecule has 102 valence electrons. The molecule has 0 amide bonds. The maximum atomic E-state index is 11.4. The molecular weight excluding hydrogens is 324 g/mol. The largest absolute Gasteiger partial charge is 0.368 e. The molecule has 0 aliphatic carbocycles. The van der Waals surface area contributed by atoms with Crippen LogP contribution in [0.5, 0.6) is 0 Å². The summed E-state index contributed by atoms with van der Waals surface area (Å²) in [6.45, 7) is 2.33. The van der Waals surface area contributed by atoms with Crippen LogP contribution < -0.4 is 21.3 Å². The van der Waals surface area contributed by atoms with Crippen molar-refractivity contribution in [1.82, 2.24) is 14.7 Å². The second-order valence-corrected chi connectivity index (χ2v) is 5.99. The highest BCUT2D eigenvalue weighted by Crippen LogP contribution is 2.25. The summed E-state index contributed by atoms with van der Waals surface area (Å²) in [6.07, 6.45) is 1.32. The van der Waals surface area contributed by atoms with Gasteiger partial charge in [-0.25, -0.2) is 29.0 Å². The van der Waals surface area contributed by atoms with Gasteiger partial charge in [0, 0.05) is 13.1 Å². The van der Waals surface area contributed by atoms with Crippen molar-refractivity contribution in [3.8, 4) is 0 Å². The van der Waals surface area contributed by atoms with Crippen LogP contribution in [-0.4, -0.2) is 37.2 Å². The summed E-state index contributed by atoms with van der Waals surface area (Å²) < 4.78 is 25.8. The van der Waals surface area contributed by atoms with E-state index >= 15 is 0 Å². The fourth-order valence-electron chi connectivity index (χ4n) is 1.19. The van der Waals surface area contributed by atoms with Gasteiger partial charge in [0.15, 0.2) is 5.82 Å². The summed E-state index contributed by atoms with van der Waals surface area (Å²) in [6, 6.07) is 0. The van der Waals surface area contributed by atoms with Gasteiger partial charge in [-0.2, -0.15) is 0 Å². The van der Waals surface area contributed by atoms with Crippen LogP contribution in [0.4, 0.5) is 11.6 Å². The number of nitrogen functional groups attached to an aromatic ring is 1. The van der Waals surface area contributed by atoms with Gasteiger partial charge in [0.05, 0.1) is 5.75 Å². The topological polar surface area (TPSA) is 122 Å². The zero-order valence-electron chi connectivity index (χ0n) is 9.77. The number of hydrogen-bond acceptors (Lipinski definition) is 7. The van der Waals surface area contributed by atoms with E-state index in [4.69, 9.17) is 5.84 Å². The molecule has 0 saturated heterocycles. The summed E-state index contributed by atoms with van der Waals surface area (Å²) in [5, 5.41) is 2.89. The van der Waals surface area contributed by atoms with Gasteiger partial charge in [-0.3, -0.25) is 0 Å². The molecule has 0 aliphatic rings. The Balaban J connectivity index is 2.60. The molecular formula is C8H15BrN6O2S.